The van der Waals surface area contributed by atoms with Gasteiger partial charge in [0.1, 0.15) is 6.10 Å². The lowest BCUT2D eigenvalue weighted by molar-refractivity contribution is -0.174. The van der Waals surface area contributed by atoms with E-state index in [1.54, 1.807) is 0 Å². The average molecular weight is 458 g/mol. The summed E-state index contributed by atoms with van der Waals surface area (Å²) in [6.45, 7) is 2.84. The molecule has 2 aromatic heterocycles. The van der Waals surface area contributed by atoms with Crippen molar-refractivity contribution in [2.75, 3.05) is 33.4 Å². The van der Waals surface area contributed by atoms with Crippen LogP contribution in [0.15, 0.2) is 65.4 Å². The zero-order valence-electron chi connectivity index (χ0n) is 17.6. The SMILES string of the molecule is CN1CCC(OC(=O)C(OCCOCc2ccccc2)(c2cccs2)c2cccs2)C1. The molecule has 1 atom stereocenters. The number of likely N-dealkylation sites (N-methyl/N-ethyl adjacent to an activating group) is 1. The molecular formula is C24H27NO4S2. The molecule has 1 saturated heterocycles. The van der Waals surface area contributed by atoms with E-state index in [9.17, 15) is 4.79 Å². The van der Waals surface area contributed by atoms with E-state index in [-0.39, 0.29) is 18.7 Å². The Bertz CT molecular complexity index is 894. The number of hydrogen-bond acceptors (Lipinski definition) is 7. The number of carbonyl (C=O) groups excluding carboxylic acids is 1. The first-order valence-electron chi connectivity index (χ1n) is 10.4. The Labute approximate surface area is 191 Å². The van der Waals surface area contributed by atoms with E-state index in [0.717, 1.165) is 34.8 Å². The highest BCUT2D eigenvalue weighted by Gasteiger charge is 2.48. The first kappa shape index (κ1) is 22.2. The molecule has 4 rings (SSSR count). The summed E-state index contributed by atoms with van der Waals surface area (Å²) < 4.78 is 18.2. The number of likely N-dealkylation sites (tertiary alicyclic amines) is 1. The predicted octanol–water partition coefficient (Wildman–Crippen LogP) is 4.53. The molecule has 0 aliphatic carbocycles. The van der Waals surface area contributed by atoms with Crippen molar-refractivity contribution < 1.29 is 19.0 Å². The first-order valence-corrected chi connectivity index (χ1v) is 12.2. The Balaban J connectivity index is 1.49. The van der Waals surface area contributed by atoms with Crippen LogP contribution < -0.4 is 0 Å². The summed E-state index contributed by atoms with van der Waals surface area (Å²) >= 11 is 3.01. The molecule has 3 aromatic rings. The molecule has 1 aromatic carbocycles. The van der Waals surface area contributed by atoms with Crippen LogP contribution in [-0.2, 0) is 31.2 Å². The second-order valence-electron chi connectivity index (χ2n) is 7.60. The van der Waals surface area contributed by atoms with E-state index in [4.69, 9.17) is 14.2 Å². The maximum absolute atomic E-state index is 13.6. The largest absolute Gasteiger partial charge is 0.458 e. The van der Waals surface area contributed by atoms with Crippen molar-refractivity contribution in [2.24, 2.45) is 0 Å². The highest BCUT2D eigenvalue weighted by atomic mass is 32.1. The van der Waals surface area contributed by atoms with Crippen molar-refractivity contribution in [3.05, 3.63) is 80.7 Å². The van der Waals surface area contributed by atoms with E-state index in [2.05, 4.69) is 4.90 Å². The summed E-state index contributed by atoms with van der Waals surface area (Å²) in [6.07, 6.45) is 0.725. The molecule has 1 aliphatic rings. The maximum atomic E-state index is 13.6. The van der Waals surface area contributed by atoms with Gasteiger partial charge in [-0.1, -0.05) is 42.5 Å². The number of nitrogens with zero attached hydrogens (tertiary/aromatic N) is 1. The Kier molecular flexibility index (Phi) is 7.53. The van der Waals surface area contributed by atoms with Gasteiger partial charge in [-0.2, -0.15) is 0 Å². The number of hydrogen-bond donors (Lipinski definition) is 0. The fourth-order valence-electron chi connectivity index (χ4n) is 3.72. The van der Waals surface area contributed by atoms with Crippen LogP contribution in [0, 0.1) is 0 Å². The van der Waals surface area contributed by atoms with E-state index in [1.165, 1.54) is 22.7 Å². The van der Waals surface area contributed by atoms with Crippen LogP contribution >= 0.6 is 22.7 Å². The van der Waals surface area contributed by atoms with Crippen molar-refractivity contribution in [2.45, 2.75) is 24.7 Å². The Hall–Kier alpha value is -2.03. The Morgan fingerprint density at radius 1 is 1.03 bits per heavy atom. The van der Waals surface area contributed by atoms with Crippen LogP contribution in [0.4, 0.5) is 0 Å². The lowest BCUT2D eigenvalue weighted by Gasteiger charge is -2.31. The smallest absolute Gasteiger partial charge is 0.349 e. The topological polar surface area (TPSA) is 48.0 Å². The summed E-state index contributed by atoms with van der Waals surface area (Å²) in [5.41, 5.74) is -0.158. The lowest BCUT2D eigenvalue weighted by Crippen LogP contribution is -2.43. The minimum Gasteiger partial charge on any atom is -0.458 e. The number of rotatable bonds is 10. The van der Waals surface area contributed by atoms with Gasteiger partial charge in [0.25, 0.3) is 0 Å². The molecule has 0 N–H and O–H groups in total. The van der Waals surface area contributed by atoms with Gasteiger partial charge < -0.3 is 19.1 Å². The summed E-state index contributed by atoms with van der Waals surface area (Å²) in [5.74, 6) is -0.347. The van der Waals surface area contributed by atoms with Gasteiger partial charge in [-0.15, -0.1) is 22.7 Å². The van der Waals surface area contributed by atoms with E-state index < -0.39 is 5.60 Å². The fourth-order valence-corrected chi connectivity index (χ4v) is 5.55. The Morgan fingerprint density at radius 2 is 1.74 bits per heavy atom. The second-order valence-corrected chi connectivity index (χ2v) is 9.50. The number of thiophene rings is 2. The van der Waals surface area contributed by atoms with Crippen molar-refractivity contribution >= 4 is 28.6 Å². The fraction of sp³-hybridized carbons (Fsp3) is 0.375. The molecule has 0 radical (unpaired) electrons. The van der Waals surface area contributed by atoms with Crippen LogP contribution in [0.2, 0.25) is 0 Å². The van der Waals surface area contributed by atoms with Crippen LogP contribution in [0.3, 0.4) is 0 Å². The minimum absolute atomic E-state index is 0.116. The van der Waals surface area contributed by atoms with Crippen molar-refractivity contribution in [3.8, 4) is 0 Å². The third-order valence-electron chi connectivity index (χ3n) is 5.30. The molecule has 3 heterocycles. The summed E-state index contributed by atoms with van der Waals surface area (Å²) in [5, 5.41) is 3.92. The summed E-state index contributed by atoms with van der Waals surface area (Å²) in [7, 11) is 2.04. The molecule has 0 spiro atoms. The highest BCUT2D eigenvalue weighted by Crippen LogP contribution is 2.40. The quantitative estimate of drug-likeness (QED) is 0.331. The normalized spacial score (nSPS) is 17.1. The monoisotopic (exact) mass is 457 g/mol. The Morgan fingerprint density at radius 3 is 2.32 bits per heavy atom. The van der Waals surface area contributed by atoms with E-state index >= 15 is 0 Å². The first-order chi connectivity index (χ1) is 15.2. The molecule has 1 unspecified atom stereocenters. The van der Waals surface area contributed by atoms with Crippen molar-refractivity contribution in [3.63, 3.8) is 0 Å². The molecule has 5 nitrogen and oxygen atoms in total. The summed E-state index contributed by atoms with van der Waals surface area (Å²) in [6, 6.07) is 17.8. The average Bonchev–Trinajstić information content (AvgIpc) is 3.55. The van der Waals surface area contributed by atoms with Crippen LogP contribution in [0.5, 0.6) is 0 Å². The van der Waals surface area contributed by atoms with Gasteiger partial charge in [0.15, 0.2) is 0 Å². The number of ether oxygens (including phenoxy) is 3. The van der Waals surface area contributed by atoms with Crippen molar-refractivity contribution in [1.29, 1.82) is 0 Å². The minimum atomic E-state index is -1.26. The van der Waals surface area contributed by atoms with Crippen LogP contribution in [0.1, 0.15) is 21.7 Å². The zero-order valence-corrected chi connectivity index (χ0v) is 19.2. The van der Waals surface area contributed by atoms with Gasteiger partial charge in [0, 0.05) is 13.1 Å². The molecule has 164 valence electrons. The van der Waals surface area contributed by atoms with E-state index in [1.807, 2.05) is 72.4 Å². The molecule has 1 fully saturated rings. The predicted molar refractivity (Wildman–Crippen MR) is 123 cm³/mol. The molecule has 7 heteroatoms. The number of carbonyl (C=O) groups is 1. The van der Waals surface area contributed by atoms with Crippen LogP contribution in [0.25, 0.3) is 0 Å². The highest BCUT2D eigenvalue weighted by molar-refractivity contribution is 7.12. The maximum Gasteiger partial charge on any atom is 0.349 e. The molecular weight excluding hydrogens is 430 g/mol. The third kappa shape index (κ3) is 5.25. The molecule has 0 saturated carbocycles. The number of esters is 1. The van der Waals surface area contributed by atoms with Gasteiger partial charge in [-0.25, -0.2) is 4.79 Å². The number of benzene rings is 1. The van der Waals surface area contributed by atoms with E-state index in [0.29, 0.717) is 13.2 Å². The van der Waals surface area contributed by atoms with Gasteiger partial charge in [0.05, 0.1) is 29.6 Å². The standard InChI is InChI=1S/C24H27NO4S2/c1-25-12-11-20(17-25)29-23(26)24(21-9-5-15-30-21,22-10-6-16-31-22)28-14-13-27-18-19-7-3-2-4-8-19/h2-10,15-16,20H,11-14,17-18H2,1H3. The molecule has 31 heavy (non-hydrogen) atoms. The zero-order chi connectivity index (χ0) is 21.5. The molecule has 0 bridgehead atoms. The van der Waals surface area contributed by atoms with Gasteiger partial charge in [-0.05, 0) is 41.9 Å². The molecule has 1 aliphatic heterocycles. The van der Waals surface area contributed by atoms with Gasteiger partial charge in [-0.3, -0.25) is 0 Å². The van der Waals surface area contributed by atoms with Crippen molar-refractivity contribution in [1.82, 2.24) is 4.90 Å². The van der Waals surface area contributed by atoms with Gasteiger partial charge >= 0.3 is 5.97 Å². The molecule has 0 amide bonds. The second kappa shape index (κ2) is 10.5. The summed E-state index contributed by atoms with van der Waals surface area (Å²) in [4.78, 5) is 17.4. The van der Waals surface area contributed by atoms with Gasteiger partial charge in [0.2, 0.25) is 5.60 Å². The third-order valence-corrected chi connectivity index (χ3v) is 7.24. The lowest BCUT2D eigenvalue weighted by atomic mass is 9.99. The van der Waals surface area contributed by atoms with Crippen LogP contribution in [-0.4, -0.2) is 50.3 Å².